The van der Waals surface area contributed by atoms with Crippen LogP contribution in [0.3, 0.4) is 0 Å². The highest BCUT2D eigenvalue weighted by molar-refractivity contribution is 5.12. The van der Waals surface area contributed by atoms with Crippen LogP contribution in [0.2, 0.25) is 0 Å². The smallest absolute Gasteiger partial charge is 0.0205 e. The van der Waals surface area contributed by atoms with Crippen molar-refractivity contribution in [3.8, 4) is 0 Å². The Kier molecular flexibility index (Phi) is 4.43. The van der Waals surface area contributed by atoms with Gasteiger partial charge in [0, 0.05) is 0 Å². The van der Waals surface area contributed by atoms with E-state index in [9.17, 15) is 0 Å². The number of hydrogen-bond donors (Lipinski definition) is 0. The van der Waals surface area contributed by atoms with E-state index in [0.717, 1.165) is 29.6 Å². The summed E-state index contributed by atoms with van der Waals surface area (Å²) in [7, 11) is 0. The maximum atomic E-state index is 2.58. The van der Waals surface area contributed by atoms with Crippen LogP contribution >= 0.6 is 0 Å². The third kappa shape index (κ3) is 3.36. The average Bonchev–Trinajstić information content (AvgIpc) is 2.16. The molecule has 0 bridgehead atoms. The average molecular weight is 208 g/mol. The van der Waals surface area contributed by atoms with E-state index in [4.69, 9.17) is 0 Å². The lowest BCUT2D eigenvalue weighted by Crippen LogP contribution is -2.23. The molecule has 0 aromatic carbocycles. The van der Waals surface area contributed by atoms with E-state index in [-0.39, 0.29) is 0 Å². The molecule has 0 heterocycles. The molecule has 1 aliphatic rings. The predicted octanol–water partition coefficient (Wildman–Crippen LogP) is 4.91. The summed E-state index contributed by atoms with van der Waals surface area (Å²) in [4.78, 5) is 0. The summed E-state index contributed by atoms with van der Waals surface area (Å²) in [6.07, 6.45) is 5.33. The molecule has 2 unspecified atom stereocenters. The Labute approximate surface area is 96.2 Å². The molecule has 2 atom stereocenters. The first-order chi connectivity index (χ1) is 6.91. The van der Waals surface area contributed by atoms with Gasteiger partial charge in [-0.1, -0.05) is 53.2 Å². The maximum Gasteiger partial charge on any atom is -0.0205 e. The fourth-order valence-electron chi connectivity index (χ4n) is 2.55. The van der Waals surface area contributed by atoms with E-state index in [1.54, 1.807) is 5.57 Å². The lowest BCUT2D eigenvalue weighted by Gasteiger charge is -2.34. The van der Waals surface area contributed by atoms with Gasteiger partial charge in [0.05, 0.1) is 0 Å². The van der Waals surface area contributed by atoms with Crippen LogP contribution in [0.15, 0.2) is 11.6 Å². The summed E-state index contributed by atoms with van der Waals surface area (Å²) in [5.41, 5.74) is 1.71. The van der Waals surface area contributed by atoms with E-state index < -0.39 is 0 Å². The van der Waals surface area contributed by atoms with Gasteiger partial charge < -0.3 is 0 Å². The molecule has 0 nitrogen and oxygen atoms in total. The minimum absolute atomic E-state index is 0.743. The van der Waals surface area contributed by atoms with Gasteiger partial charge in [0.25, 0.3) is 0 Å². The molecule has 0 saturated carbocycles. The zero-order valence-corrected chi connectivity index (χ0v) is 11.4. The fraction of sp³-hybridized carbons (Fsp3) is 0.867. The number of rotatable bonds is 3. The molecule has 0 aromatic heterocycles. The second kappa shape index (κ2) is 5.18. The molecular formula is C15H28. The van der Waals surface area contributed by atoms with Crippen LogP contribution in [-0.4, -0.2) is 0 Å². The largest absolute Gasteiger partial charge is 0.0817 e. The van der Waals surface area contributed by atoms with Gasteiger partial charge >= 0.3 is 0 Å². The van der Waals surface area contributed by atoms with Gasteiger partial charge in [-0.2, -0.15) is 0 Å². The van der Waals surface area contributed by atoms with Crippen LogP contribution in [-0.2, 0) is 0 Å². The van der Waals surface area contributed by atoms with Crippen molar-refractivity contribution < 1.29 is 0 Å². The van der Waals surface area contributed by atoms with Crippen molar-refractivity contribution in [2.75, 3.05) is 0 Å². The topological polar surface area (TPSA) is 0 Å². The molecule has 0 spiro atoms. The summed E-state index contributed by atoms with van der Waals surface area (Å²) in [6.45, 7) is 14.2. The standard InChI is InChI=1S/C15H28/c1-10(2)13-7-14(11(3)4)9-15(8-13)12(5)6/h7,10-13,15H,8-9H2,1-6H3. The Morgan fingerprint density at radius 2 is 1.60 bits per heavy atom. The minimum Gasteiger partial charge on any atom is -0.0817 e. The van der Waals surface area contributed by atoms with Gasteiger partial charge in [-0.25, -0.2) is 0 Å². The zero-order chi connectivity index (χ0) is 11.6. The zero-order valence-electron chi connectivity index (χ0n) is 11.4. The van der Waals surface area contributed by atoms with Crippen molar-refractivity contribution in [2.45, 2.75) is 54.4 Å². The van der Waals surface area contributed by atoms with E-state index >= 15 is 0 Å². The molecule has 0 aromatic rings. The van der Waals surface area contributed by atoms with Crippen molar-refractivity contribution in [1.82, 2.24) is 0 Å². The van der Waals surface area contributed by atoms with Gasteiger partial charge in [-0.05, 0) is 42.4 Å². The molecule has 1 aliphatic carbocycles. The van der Waals surface area contributed by atoms with E-state index in [1.165, 1.54) is 12.8 Å². The molecule has 15 heavy (non-hydrogen) atoms. The highest BCUT2D eigenvalue weighted by atomic mass is 14.3. The highest BCUT2D eigenvalue weighted by Crippen LogP contribution is 2.38. The van der Waals surface area contributed by atoms with Gasteiger partial charge in [-0.3, -0.25) is 0 Å². The van der Waals surface area contributed by atoms with Gasteiger partial charge in [0.15, 0.2) is 0 Å². The Hall–Kier alpha value is -0.260. The predicted molar refractivity (Wildman–Crippen MR) is 68.8 cm³/mol. The molecule has 0 amide bonds. The summed E-state index contributed by atoms with van der Waals surface area (Å²) < 4.78 is 0. The molecule has 88 valence electrons. The second-order valence-electron chi connectivity index (χ2n) is 6.25. The summed E-state index contributed by atoms with van der Waals surface area (Å²) in [5, 5.41) is 0. The first kappa shape index (κ1) is 12.8. The molecule has 0 fully saturated rings. The van der Waals surface area contributed by atoms with Crippen molar-refractivity contribution in [2.24, 2.45) is 29.6 Å². The number of hydrogen-bond acceptors (Lipinski definition) is 0. The molecule has 0 radical (unpaired) electrons. The number of allylic oxidation sites excluding steroid dienone is 2. The van der Waals surface area contributed by atoms with E-state index in [2.05, 4.69) is 47.6 Å². The van der Waals surface area contributed by atoms with Crippen molar-refractivity contribution in [3.63, 3.8) is 0 Å². The molecular weight excluding hydrogens is 180 g/mol. The Morgan fingerprint density at radius 1 is 1.00 bits per heavy atom. The Morgan fingerprint density at radius 3 is 2.00 bits per heavy atom. The normalized spacial score (nSPS) is 27.7. The molecule has 0 N–H and O–H groups in total. The quantitative estimate of drug-likeness (QED) is 0.578. The van der Waals surface area contributed by atoms with Gasteiger partial charge in [-0.15, -0.1) is 0 Å². The Balaban J connectivity index is 2.79. The third-order valence-electron chi connectivity index (χ3n) is 4.04. The SMILES string of the molecule is CC(C)C1=CC(C(C)C)CC(C(C)C)C1. The van der Waals surface area contributed by atoms with Crippen LogP contribution < -0.4 is 0 Å². The van der Waals surface area contributed by atoms with Crippen LogP contribution in [0.4, 0.5) is 0 Å². The van der Waals surface area contributed by atoms with Gasteiger partial charge in [0.2, 0.25) is 0 Å². The fourth-order valence-corrected chi connectivity index (χ4v) is 2.55. The van der Waals surface area contributed by atoms with Crippen LogP contribution in [0.25, 0.3) is 0 Å². The van der Waals surface area contributed by atoms with Crippen molar-refractivity contribution in [3.05, 3.63) is 11.6 Å². The second-order valence-corrected chi connectivity index (χ2v) is 6.25. The van der Waals surface area contributed by atoms with E-state index in [0.29, 0.717) is 0 Å². The maximum absolute atomic E-state index is 2.58. The molecule has 1 rings (SSSR count). The summed E-state index contributed by atoms with van der Waals surface area (Å²) in [5.74, 6) is 4.13. The third-order valence-corrected chi connectivity index (χ3v) is 4.04. The van der Waals surface area contributed by atoms with Crippen LogP contribution in [0.1, 0.15) is 54.4 Å². The molecule has 0 heteroatoms. The van der Waals surface area contributed by atoms with Crippen molar-refractivity contribution >= 4 is 0 Å². The highest BCUT2D eigenvalue weighted by Gasteiger charge is 2.26. The first-order valence-electron chi connectivity index (χ1n) is 6.62. The lowest BCUT2D eigenvalue weighted by atomic mass is 9.71. The lowest BCUT2D eigenvalue weighted by molar-refractivity contribution is 0.259. The van der Waals surface area contributed by atoms with Crippen LogP contribution in [0.5, 0.6) is 0 Å². The van der Waals surface area contributed by atoms with E-state index in [1.807, 2.05) is 0 Å². The summed E-state index contributed by atoms with van der Waals surface area (Å²) in [6, 6.07) is 0. The first-order valence-corrected chi connectivity index (χ1v) is 6.62. The van der Waals surface area contributed by atoms with Crippen LogP contribution in [0, 0.1) is 29.6 Å². The molecule has 0 aliphatic heterocycles. The summed E-state index contributed by atoms with van der Waals surface area (Å²) >= 11 is 0. The molecule has 0 saturated heterocycles. The van der Waals surface area contributed by atoms with Gasteiger partial charge in [0.1, 0.15) is 0 Å². The van der Waals surface area contributed by atoms with Crippen molar-refractivity contribution in [1.29, 1.82) is 0 Å². The Bertz CT molecular complexity index is 220. The minimum atomic E-state index is 0.743. The monoisotopic (exact) mass is 208 g/mol.